The second-order valence-electron chi connectivity index (χ2n) is 6.33. The molecule has 4 rings (SSSR count). The highest BCUT2D eigenvalue weighted by Gasteiger charge is 2.31. The summed E-state index contributed by atoms with van der Waals surface area (Å²) in [5.41, 5.74) is 1.47. The number of nitrogens with one attached hydrogen (secondary N) is 1. The summed E-state index contributed by atoms with van der Waals surface area (Å²) >= 11 is 13.2. The molecule has 0 amide bonds. The van der Waals surface area contributed by atoms with Gasteiger partial charge >= 0.3 is 5.88 Å². The number of carbonyl (C=O) groups is 1. The van der Waals surface area contributed by atoms with Crippen LogP contribution in [0.5, 0.6) is 5.88 Å². The lowest BCUT2D eigenvalue weighted by atomic mass is 10.2. The van der Waals surface area contributed by atoms with E-state index < -0.39 is 0 Å². The van der Waals surface area contributed by atoms with Crippen LogP contribution in [0.3, 0.4) is 0 Å². The molecule has 150 valence electrons. The third-order valence-corrected chi connectivity index (χ3v) is 5.71. The summed E-state index contributed by atoms with van der Waals surface area (Å²) in [7, 11) is 0. The SMILES string of the molecule is O=C(COCC1=CNC(Cl)C=C1)c1c(O)[n+]2ccccc2n1Cc1cnc(Cl)s1. The predicted molar refractivity (Wildman–Crippen MR) is 111 cm³/mol. The predicted octanol–water partition coefficient (Wildman–Crippen LogP) is 2.90. The molecule has 1 unspecified atom stereocenters. The van der Waals surface area contributed by atoms with E-state index in [9.17, 15) is 9.90 Å². The number of fused-ring (bicyclic) bond motifs is 1. The molecule has 10 heteroatoms. The molecule has 3 aromatic heterocycles. The van der Waals surface area contributed by atoms with E-state index in [-0.39, 0.29) is 36.1 Å². The first kappa shape index (κ1) is 19.9. The van der Waals surface area contributed by atoms with Gasteiger partial charge in [0.2, 0.25) is 5.78 Å². The molecule has 3 aromatic rings. The summed E-state index contributed by atoms with van der Waals surface area (Å²) in [6.45, 7) is 0.426. The fourth-order valence-corrected chi connectivity index (χ4v) is 4.15. The van der Waals surface area contributed by atoms with Crippen LogP contribution in [-0.2, 0) is 11.3 Å². The Hall–Kier alpha value is -2.39. The lowest BCUT2D eigenvalue weighted by Crippen LogP contribution is -2.20. The third-order valence-electron chi connectivity index (χ3n) is 4.34. The molecular weight excluding hydrogens is 435 g/mol. The van der Waals surface area contributed by atoms with Crippen LogP contribution in [0.1, 0.15) is 15.4 Å². The maximum atomic E-state index is 12.9. The summed E-state index contributed by atoms with van der Waals surface area (Å²) in [6.07, 6.45) is 8.75. The van der Waals surface area contributed by atoms with Crippen molar-refractivity contribution in [3.63, 3.8) is 0 Å². The molecule has 0 aliphatic carbocycles. The molecule has 0 radical (unpaired) electrons. The molecule has 4 heterocycles. The van der Waals surface area contributed by atoms with Gasteiger partial charge in [-0.1, -0.05) is 35.3 Å². The highest BCUT2D eigenvalue weighted by atomic mass is 35.5. The number of Topliss-reactive ketones (excluding diaryl/α,β-unsaturated/α-hetero) is 1. The number of nitrogens with zero attached hydrogens (tertiary/aromatic N) is 3. The van der Waals surface area contributed by atoms with Gasteiger partial charge < -0.3 is 15.2 Å². The highest BCUT2D eigenvalue weighted by Crippen LogP contribution is 2.24. The molecule has 0 saturated heterocycles. The van der Waals surface area contributed by atoms with E-state index in [0.717, 1.165) is 10.5 Å². The summed E-state index contributed by atoms with van der Waals surface area (Å²) in [6, 6.07) is 5.45. The molecule has 1 aliphatic rings. The number of halogens is 2. The van der Waals surface area contributed by atoms with Gasteiger partial charge in [-0.05, 0) is 17.7 Å². The van der Waals surface area contributed by atoms with Gasteiger partial charge in [0.1, 0.15) is 18.7 Å². The Kier molecular flexibility index (Phi) is 5.86. The number of pyridine rings is 1. The zero-order chi connectivity index (χ0) is 20.4. The smallest absolute Gasteiger partial charge is 0.339 e. The van der Waals surface area contributed by atoms with E-state index in [0.29, 0.717) is 16.7 Å². The van der Waals surface area contributed by atoms with Gasteiger partial charge in [0.05, 0.1) is 17.7 Å². The molecule has 29 heavy (non-hydrogen) atoms. The van der Waals surface area contributed by atoms with Crippen molar-refractivity contribution in [3.8, 4) is 5.88 Å². The minimum Gasteiger partial charge on any atom is -0.474 e. The lowest BCUT2D eigenvalue weighted by molar-refractivity contribution is -0.521. The zero-order valence-electron chi connectivity index (χ0n) is 15.1. The van der Waals surface area contributed by atoms with E-state index in [1.807, 2.05) is 18.2 Å². The van der Waals surface area contributed by atoms with E-state index in [1.54, 1.807) is 39.7 Å². The summed E-state index contributed by atoms with van der Waals surface area (Å²) in [4.78, 5) is 17.8. The van der Waals surface area contributed by atoms with Crippen LogP contribution in [0.4, 0.5) is 0 Å². The van der Waals surface area contributed by atoms with Crippen molar-refractivity contribution < 1.29 is 19.0 Å². The van der Waals surface area contributed by atoms with Crippen molar-refractivity contribution in [2.75, 3.05) is 13.2 Å². The van der Waals surface area contributed by atoms with Crippen molar-refractivity contribution >= 4 is 46.0 Å². The van der Waals surface area contributed by atoms with Crippen LogP contribution in [-0.4, -0.2) is 39.2 Å². The number of aromatic hydroxyl groups is 1. The molecule has 1 aliphatic heterocycles. The number of rotatable bonds is 7. The number of hydrogen-bond acceptors (Lipinski definition) is 6. The summed E-state index contributed by atoms with van der Waals surface area (Å²) in [5, 5.41) is 13.6. The minimum atomic E-state index is -0.328. The molecule has 0 bridgehead atoms. The molecule has 0 aromatic carbocycles. The monoisotopic (exact) mass is 451 g/mol. The first-order valence-corrected chi connectivity index (χ1v) is 10.4. The van der Waals surface area contributed by atoms with Crippen LogP contribution >= 0.6 is 34.5 Å². The van der Waals surface area contributed by atoms with Crippen molar-refractivity contribution in [2.45, 2.75) is 12.0 Å². The van der Waals surface area contributed by atoms with Crippen molar-refractivity contribution in [1.82, 2.24) is 14.9 Å². The standard InChI is InChI=1S/C19H16Cl2N4O3S/c20-15-5-4-12(7-22-15)10-28-11-14(26)17-18(27)24-6-2-1-3-16(24)25(17)9-13-8-23-19(21)29-13/h1-8,15,22H,9-11H2/p+1. The third kappa shape index (κ3) is 4.30. The number of aromatic nitrogens is 3. The molecular formula is C19H17Cl2N4O3S+. The number of dihydropyridines is 1. The number of ether oxygens (including phenoxy) is 1. The van der Waals surface area contributed by atoms with Gasteiger partial charge in [0.25, 0.3) is 11.3 Å². The van der Waals surface area contributed by atoms with Crippen molar-refractivity contribution in [1.29, 1.82) is 0 Å². The Morgan fingerprint density at radius 1 is 1.45 bits per heavy atom. The maximum Gasteiger partial charge on any atom is 0.339 e. The summed E-state index contributed by atoms with van der Waals surface area (Å²) < 4.78 is 9.29. The van der Waals surface area contributed by atoms with Gasteiger partial charge in [-0.25, -0.2) is 9.55 Å². The van der Waals surface area contributed by atoms with E-state index >= 15 is 0 Å². The van der Waals surface area contributed by atoms with E-state index in [1.165, 1.54) is 11.3 Å². The Balaban J connectivity index is 1.57. The fourth-order valence-electron chi connectivity index (χ4n) is 3.05. The number of hydrogen-bond donors (Lipinski definition) is 2. The Bertz CT molecular complexity index is 1120. The number of alkyl halides is 1. The molecule has 7 nitrogen and oxygen atoms in total. The van der Waals surface area contributed by atoms with E-state index in [4.69, 9.17) is 27.9 Å². The van der Waals surface area contributed by atoms with Crippen molar-refractivity contribution in [3.05, 3.63) is 69.6 Å². The van der Waals surface area contributed by atoms with Crippen LogP contribution in [0.2, 0.25) is 4.47 Å². The van der Waals surface area contributed by atoms with Crippen molar-refractivity contribution in [2.24, 2.45) is 0 Å². The normalized spacial score (nSPS) is 16.1. The average molecular weight is 452 g/mol. The quantitative estimate of drug-likeness (QED) is 0.250. The Morgan fingerprint density at radius 2 is 2.31 bits per heavy atom. The van der Waals surface area contributed by atoms with Crippen LogP contribution in [0.25, 0.3) is 5.65 Å². The lowest BCUT2D eigenvalue weighted by Gasteiger charge is -2.12. The van der Waals surface area contributed by atoms with Crippen LogP contribution < -0.4 is 9.72 Å². The van der Waals surface area contributed by atoms with Gasteiger partial charge in [-0.3, -0.25) is 4.79 Å². The molecule has 2 N–H and O–H groups in total. The minimum absolute atomic E-state index is 0.131. The molecule has 0 spiro atoms. The average Bonchev–Trinajstić information content (AvgIpc) is 3.25. The highest BCUT2D eigenvalue weighted by molar-refractivity contribution is 7.15. The van der Waals surface area contributed by atoms with Gasteiger partial charge in [0, 0.05) is 18.5 Å². The first-order chi connectivity index (χ1) is 14.0. The second kappa shape index (κ2) is 8.54. The molecule has 0 fully saturated rings. The van der Waals surface area contributed by atoms with Gasteiger partial charge in [-0.15, -0.1) is 11.3 Å². The van der Waals surface area contributed by atoms with Gasteiger partial charge in [0.15, 0.2) is 4.47 Å². The number of thiazole rings is 1. The molecule has 1 atom stereocenters. The maximum absolute atomic E-state index is 12.9. The topological polar surface area (TPSA) is 80.5 Å². The van der Waals surface area contributed by atoms with E-state index in [2.05, 4.69) is 10.3 Å². The zero-order valence-corrected chi connectivity index (χ0v) is 17.4. The molecule has 0 saturated carbocycles. The number of carbonyl (C=O) groups excluding carboxylic acids is 1. The second-order valence-corrected chi connectivity index (χ2v) is 8.50. The van der Waals surface area contributed by atoms with Crippen LogP contribution in [0, 0.1) is 0 Å². The Labute approximate surface area is 180 Å². The Morgan fingerprint density at radius 3 is 3.03 bits per heavy atom. The summed E-state index contributed by atoms with van der Waals surface area (Å²) in [5.74, 6) is -0.460. The van der Waals surface area contributed by atoms with Gasteiger partial charge in [-0.2, -0.15) is 4.40 Å². The first-order valence-electron chi connectivity index (χ1n) is 8.73. The largest absolute Gasteiger partial charge is 0.474 e. The fraction of sp³-hybridized carbons (Fsp3) is 0.211. The number of imidazole rings is 1. The van der Waals surface area contributed by atoms with Crippen LogP contribution in [0.15, 0.2) is 54.5 Å². The number of ketones is 1.